The van der Waals surface area contributed by atoms with Gasteiger partial charge in [-0.25, -0.2) is 0 Å². The molecule has 0 unspecified atom stereocenters. The Kier molecular flexibility index (Phi) is 5.12. The molecular formula is C22H30O3. The molecule has 1 aromatic carbocycles. The minimum absolute atomic E-state index is 0.107. The quantitative estimate of drug-likeness (QED) is 0.861. The van der Waals surface area contributed by atoms with Crippen LogP contribution >= 0.6 is 0 Å². The third-order valence-corrected chi connectivity index (χ3v) is 6.69. The van der Waals surface area contributed by atoms with E-state index in [4.69, 9.17) is 4.74 Å². The van der Waals surface area contributed by atoms with E-state index in [-0.39, 0.29) is 23.7 Å². The van der Waals surface area contributed by atoms with Crippen molar-refractivity contribution in [3.05, 3.63) is 29.8 Å². The lowest BCUT2D eigenvalue weighted by molar-refractivity contribution is -0.0384. The van der Waals surface area contributed by atoms with Crippen molar-refractivity contribution in [2.75, 3.05) is 0 Å². The molecule has 25 heavy (non-hydrogen) atoms. The summed E-state index contributed by atoms with van der Waals surface area (Å²) in [5, 5.41) is 11.2. The molecule has 1 aromatic rings. The van der Waals surface area contributed by atoms with Crippen LogP contribution in [0.15, 0.2) is 24.3 Å². The first-order valence-corrected chi connectivity index (χ1v) is 10.2. The first kappa shape index (κ1) is 17.1. The second-order valence-corrected chi connectivity index (χ2v) is 8.26. The zero-order chi connectivity index (χ0) is 17.2. The third-order valence-electron chi connectivity index (χ3n) is 6.69. The Morgan fingerprint density at radius 2 is 1.56 bits per heavy atom. The van der Waals surface area contributed by atoms with Gasteiger partial charge in [-0.3, -0.25) is 4.79 Å². The molecule has 2 saturated carbocycles. The van der Waals surface area contributed by atoms with Crippen LogP contribution in [0.25, 0.3) is 0 Å². The van der Waals surface area contributed by atoms with Gasteiger partial charge in [0.2, 0.25) is 0 Å². The molecule has 1 aliphatic heterocycles. The van der Waals surface area contributed by atoms with Crippen LogP contribution in [0.1, 0.15) is 74.6 Å². The molecule has 3 aliphatic rings. The monoisotopic (exact) mass is 342 g/mol. The number of benzene rings is 1. The van der Waals surface area contributed by atoms with Gasteiger partial charge in [0.1, 0.15) is 11.9 Å². The molecule has 0 bridgehead atoms. The van der Waals surface area contributed by atoms with Crippen LogP contribution in [0.2, 0.25) is 0 Å². The molecule has 2 fully saturated rings. The number of hydrogen-bond donors (Lipinski definition) is 1. The molecule has 1 N–H and O–H groups in total. The van der Waals surface area contributed by atoms with E-state index in [0.717, 1.165) is 31.4 Å². The van der Waals surface area contributed by atoms with Gasteiger partial charge in [0.15, 0.2) is 5.78 Å². The van der Waals surface area contributed by atoms with Crippen LogP contribution in [0.5, 0.6) is 5.75 Å². The van der Waals surface area contributed by atoms with Gasteiger partial charge in [0.25, 0.3) is 0 Å². The zero-order valence-electron chi connectivity index (χ0n) is 15.0. The van der Waals surface area contributed by atoms with Gasteiger partial charge >= 0.3 is 0 Å². The SMILES string of the molecule is O=C1c2ccccc2O[C@@H](C2CCCCC2)[C@@H]1[C@@H](O)C1CCCCC1. The number of rotatable bonds is 3. The van der Waals surface area contributed by atoms with Crippen molar-refractivity contribution in [3.63, 3.8) is 0 Å². The zero-order valence-corrected chi connectivity index (χ0v) is 15.0. The van der Waals surface area contributed by atoms with Crippen LogP contribution in [0, 0.1) is 17.8 Å². The molecule has 0 amide bonds. The van der Waals surface area contributed by atoms with Gasteiger partial charge in [-0.05, 0) is 49.7 Å². The highest BCUT2D eigenvalue weighted by Gasteiger charge is 2.47. The minimum Gasteiger partial charge on any atom is -0.489 e. The van der Waals surface area contributed by atoms with Crippen molar-refractivity contribution in [1.29, 1.82) is 0 Å². The molecule has 3 atom stereocenters. The van der Waals surface area contributed by atoms with Crippen molar-refractivity contribution >= 4 is 5.78 Å². The van der Waals surface area contributed by atoms with Gasteiger partial charge < -0.3 is 9.84 Å². The van der Waals surface area contributed by atoms with Gasteiger partial charge in [-0.2, -0.15) is 0 Å². The number of aliphatic hydroxyl groups excluding tert-OH is 1. The number of para-hydroxylation sites is 1. The smallest absolute Gasteiger partial charge is 0.176 e. The summed E-state index contributed by atoms with van der Waals surface area (Å²) in [5.74, 6) is 1.09. The fraction of sp³-hybridized carbons (Fsp3) is 0.682. The molecule has 0 saturated heterocycles. The van der Waals surface area contributed by atoms with Crippen LogP contribution in [-0.4, -0.2) is 23.1 Å². The molecule has 3 heteroatoms. The maximum atomic E-state index is 13.3. The minimum atomic E-state index is -0.562. The van der Waals surface area contributed by atoms with Crippen molar-refractivity contribution < 1.29 is 14.6 Å². The fourth-order valence-corrected chi connectivity index (χ4v) is 5.29. The van der Waals surface area contributed by atoms with Crippen molar-refractivity contribution in [1.82, 2.24) is 0 Å². The highest BCUT2D eigenvalue weighted by atomic mass is 16.5. The molecule has 0 spiro atoms. The van der Waals surface area contributed by atoms with Crippen molar-refractivity contribution in [2.45, 2.75) is 76.4 Å². The van der Waals surface area contributed by atoms with Crippen LogP contribution in [0.3, 0.4) is 0 Å². The molecule has 136 valence electrons. The standard InChI is InChI=1S/C22H30O3/c23-20(15-9-3-1-4-10-15)19-21(24)17-13-7-8-14-18(17)25-22(19)16-11-5-2-6-12-16/h7-8,13-16,19-20,22-23H,1-6,9-12H2/t19-,20+,22+/m1/s1. The normalized spacial score (nSPS) is 29.7. The van der Waals surface area contributed by atoms with Gasteiger partial charge in [-0.15, -0.1) is 0 Å². The fourth-order valence-electron chi connectivity index (χ4n) is 5.29. The lowest BCUT2D eigenvalue weighted by Gasteiger charge is -2.43. The third kappa shape index (κ3) is 3.36. The summed E-state index contributed by atoms with van der Waals surface area (Å²) in [7, 11) is 0. The van der Waals surface area contributed by atoms with Gasteiger partial charge in [-0.1, -0.05) is 50.7 Å². The predicted molar refractivity (Wildman–Crippen MR) is 97.8 cm³/mol. The lowest BCUT2D eigenvalue weighted by atomic mass is 9.70. The molecular weight excluding hydrogens is 312 g/mol. The maximum Gasteiger partial charge on any atom is 0.176 e. The van der Waals surface area contributed by atoms with Crippen molar-refractivity contribution in [3.8, 4) is 5.75 Å². The Morgan fingerprint density at radius 1 is 0.920 bits per heavy atom. The number of ketones is 1. The Morgan fingerprint density at radius 3 is 2.28 bits per heavy atom. The number of aliphatic hydroxyl groups is 1. The first-order valence-electron chi connectivity index (χ1n) is 10.2. The van der Waals surface area contributed by atoms with E-state index in [1.54, 1.807) is 0 Å². The molecule has 2 aliphatic carbocycles. The maximum absolute atomic E-state index is 13.3. The Hall–Kier alpha value is -1.35. The second-order valence-electron chi connectivity index (χ2n) is 8.26. The van der Waals surface area contributed by atoms with Gasteiger partial charge in [0.05, 0.1) is 17.6 Å². The van der Waals surface area contributed by atoms with E-state index in [9.17, 15) is 9.90 Å². The van der Waals surface area contributed by atoms with E-state index in [2.05, 4.69) is 0 Å². The Labute approximate surface area is 150 Å². The summed E-state index contributed by atoms with van der Waals surface area (Å²) in [6, 6.07) is 7.59. The number of hydrogen-bond acceptors (Lipinski definition) is 3. The summed E-state index contributed by atoms with van der Waals surface area (Å²) in [4.78, 5) is 13.3. The first-order chi connectivity index (χ1) is 12.3. The molecule has 4 rings (SSSR count). The van der Waals surface area contributed by atoms with E-state index < -0.39 is 6.10 Å². The summed E-state index contributed by atoms with van der Waals surface area (Å²) in [5.41, 5.74) is 0.661. The molecule has 0 aromatic heterocycles. The number of ether oxygens (including phenoxy) is 1. The van der Waals surface area contributed by atoms with Crippen LogP contribution < -0.4 is 4.74 Å². The summed E-state index contributed by atoms with van der Waals surface area (Å²) >= 11 is 0. The summed E-state index contributed by atoms with van der Waals surface area (Å²) in [6.07, 6.45) is 10.9. The Bertz CT molecular complexity index is 599. The van der Waals surface area contributed by atoms with Gasteiger partial charge in [0, 0.05) is 0 Å². The van der Waals surface area contributed by atoms with Crippen LogP contribution in [-0.2, 0) is 0 Å². The second kappa shape index (κ2) is 7.49. The largest absolute Gasteiger partial charge is 0.489 e. The highest BCUT2D eigenvalue weighted by Crippen LogP contribution is 2.42. The number of fused-ring (bicyclic) bond motifs is 1. The van der Waals surface area contributed by atoms with E-state index in [1.807, 2.05) is 24.3 Å². The van der Waals surface area contributed by atoms with Crippen LogP contribution in [0.4, 0.5) is 0 Å². The average Bonchev–Trinajstić information content (AvgIpc) is 2.69. The molecule has 1 heterocycles. The van der Waals surface area contributed by atoms with E-state index in [1.165, 1.54) is 38.5 Å². The lowest BCUT2D eigenvalue weighted by Crippen LogP contribution is -2.51. The number of Topliss-reactive ketones (excluding diaryl/α,β-unsaturated/α-hetero) is 1. The number of carbonyl (C=O) groups is 1. The van der Waals surface area contributed by atoms with E-state index >= 15 is 0 Å². The van der Waals surface area contributed by atoms with Crippen molar-refractivity contribution in [2.24, 2.45) is 17.8 Å². The topological polar surface area (TPSA) is 46.5 Å². The number of carbonyl (C=O) groups excluding carboxylic acids is 1. The Balaban J connectivity index is 1.65. The summed E-state index contributed by atoms with van der Waals surface area (Å²) in [6.45, 7) is 0. The average molecular weight is 342 g/mol. The predicted octanol–water partition coefficient (Wildman–Crippen LogP) is 4.77. The molecule has 0 radical (unpaired) electrons. The molecule has 3 nitrogen and oxygen atoms in total. The van der Waals surface area contributed by atoms with E-state index in [0.29, 0.717) is 11.5 Å². The summed E-state index contributed by atoms with van der Waals surface area (Å²) < 4.78 is 6.39. The highest BCUT2D eigenvalue weighted by molar-refractivity contribution is 6.02.